The smallest absolute Gasteiger partial charge is 0.0184 e. The van der Waals surface area contributed by atoms with Crippen molar-refractivity contribution in [2.24, 2.45) is 0 Å². The zero-order valence-electron chi connectivity index (χ0n) is 10.5. The van der Waals surface area contributed by atoms with Gasteiger partial charge in [0.1, 0.15) is 0 Å². The van der Waals surface area contributed by atoms with E-state index in [1.807, 2.05) is 0 Å². The molecule has 17 heavy (non-hydrogen) atoms. The van der Waals surface area contributed by atoms with Crippen LogP contribution < -0.4 is 0 Å². The maximum absolute atomic E-state index is 2.26. The number of hydrogen-bond donors (Lipinski definition) is 0. The van der Waals surface area contributed by atoms with Crippen molar-refractivity contribution < 1.29 is 0 Å². The highest BCUT2D eigenvalue weighted by molar-refractivity contribution is 5.75. The minimum atomic E-state index is 1.14. The van der Waals surface area contributed by atoms with Gasteiger partial charge in [-0.15, -0.1) is 0 Å². The molecule has 1 aromatic rings. The van der Waals surface area contributed by atoms with Crippen LogP contribution in [-0.2, 0) is 6.42 Å². The molecule has 0 radical (unpaired) electrons. The number of aryl methyl sites for hydroxylation is 1. The topological polar surface area (TPSA) is 0 Å². The summed E-state index contributed by atoms with van der Waals surface area (Å²) in [5.41, 5.74) is 4.05. The van der Waals surface area contributed by atoms with Crippen LogP contribution >= 0.6 is 0 Å². The van der Waals surface area contributed by atoms with Crippen LogP contribution in [0.4, 0.5) is 0 Å². The lowest BCUT2D eigenvalue weighted by Gasteiger charge is -2.05. The Morgan fingerprint density at radius 3 is 2.53 bits per heavy atom. The van der Waals surface area contributed by atoms with Crippen molar-refractivity contribution in [1.29, 1.82) is 0 Å². The van der Waals surface area contributed by atoms with Gasteiger partial charge in [0, 0.05) is 0 Å². The van der Waals surface area contributed by atoms with Crippen molar-refractivity contribution in [3.05, 3.63) is 65.8 Å². The van der Waals surface area contributed by atoms with Gasteiger partial charge in [-0.25, -0.2) is 0 Å². The molecule has 0 unspecified atom stereocenters. The maximum atomic E-state index is 2.26. The summed E-state index contributed by atoms with van der Waals surface area (Å²) in [6, 6.07) is 8.96. The molecule has 88 valence electrons. The average Bonchev–Trinajstić information content (AvgIpc) is 2.30. The summed E-state index contributed by atoms with van der Waals surface area (Å²) in [4.78, 5) is 0. The molecule has 0 aromatic heterocycles. The van der Waals surface area contributed by atoms with Gasteiger partial charge >= 0.3 is 0 Å². The van der Waals surface area contributed by atoms with E-state index in [4.69, 9.17) is 0 Å². The third-order valence-corrected chi connectivity index (χ3v) is 3.04. The molecular formula is C17H20. The Morgan fingerprint density at radius 1 is 1.00 bits per heavy atom. The van der Waals surface area contributed by atoms with Gasteiger partial charge in [0.2, 0.25) is 0 Å². The highest BCUT2D eigenvalue weighted by Crippen LogP contribution is 2.19. The Labute approximate surface area is 104 Å². The summed E-state index contributed by atoms with van der Waals surface area (Å²) in [6.45, 7) is 2.22. The molecule has 0 fully saturated rings. The monoisotopic (exact) mass is 224 g/mol. The van der Waals surface area contributed by atoms with E-state index in [0.717, 1.165) is 12.8 Å². The molecule has 0 amide bonds. The number of benzene rings is 1. The Balaban J connectivity index is 2.20. The summed E-state index contributed by atoms with van der Waals surface area (Å²) >= 11 is 0. The fraction of sp³-hybridized carbons (Fsp3) is 0.294. The average molecular weight is 224 g/mol. The lowest BCUT2D eigenvalue weighted by atomic mass is 10.00. The van der Waals surface area contributed by atoms with Gasteiger partial charge in [-0.2, -0.15) is 0 Å². The van der Waals surface area contributed by atoms with E-state index in [0.29, 0.717) is 0 Å². The molecule has 2 rings (SSSR count). The normalized spacial score (nSPS) is 22.1. The molecular weight excluding hydrogens is 204 g/mol. The second kappa shape index (κ2) is 6.24. The second-order valence-corrected chi connectivity index (χ2v) is 4.48. The zero-order chi connectivity index (χ0) is 11.9. The summed E-state index contributed by atoms with van der Waals surface area (Å²) in [7, 11) is 0. The summed E-state index contributed by atoms with van der Waals surface area (Å²) in [5, 5.41) is 0. The molecule has 0 aliphatic heterocycles. The number of allylic oxidation sites excluding steroid dienone is 6. The Kier molecular flexibility index (Phi) is 4.37. The van der Waals surface area contributed by atoms with Gasteiger partial charge < -0.3 is 0 Å². The van der Waals surface area contributed by atoms with E-state index in [-0.39, 0.29) is 0 Å². The fourth-order valence-electron chi connectivity index (χ4n) is 2.07. The molecule has 0 atom stereocenters. The Hall–Kier alpha value is -1.56. The van der Waals surface area contributed by atoms with Crippen LogP contribution in [0.25, 0.3) is 5.57 Å². The molecule has 0 nitrogen and oxygen atoms in total. The van der Waals surface area contributed by atoms with Crippen molar-refractivity contribution >= 4 is 5.57 Å². The first-order valence-electron chi connectivity index (χ1n) is 6.53. The van der Waals surface area contributed by atoms with Gasteiger partial charge in [0.15, 0.2) is 0 Å². The molecule has 0 saturated heterocycles. The minimum Gasteiger partial charge on any atom is -0.0842 e. The largest absolute Gasteiger partial charge is 0.0842 e. The van der Waals surface area contributed by atoms with Gasteiger partial charge in [-0.05, 0) is 36.0 Å². The molecule has 1 aliphatic carbocycles. The standard InChI is InChI=1S/C17H20/c1-2-8-15-11-13-17(14-12-15)16-9-6-4-3-5-7-10-16/h4,6-7,9-14H,2-3,5,8H2,1H3/b6-4-,10-7+,16-9+. The predicted octanol–water partition coefficient (Wildman–Crippen LogP) is 4.93. The highest BCUT2D eigenvalue weighted by atomic mass is 14.0. The van der Waals surface area contributed by atoms with E-state index in [9.17, 15) is 0 Å². The summed E-state index contributed by atoms with van der Waals surface area (Å²) < 4.78 is 0. The maximum Gasteiger partial charge on any atom is -0.0184 e. The Morgan fingerprint density at radius 2 is 1.76 bits per heavy atom. The quantitative estimate of drug-likeness (QED) is 0.683. The van der Waals surface area contributed by atoms with Crippen LogP contribution in [0, 0.1) is 0 Å². The van der Waals surface area contributed by atoms with Crippen molar-refractivity contribution in [2.45, 2.75) is 32.6 Å². The highest BCUT2D eigenvalue weighted by Gasteiger charge is 1.98. The number of rotatable bonds is 3. The summed E-state index contributed by atoms with van der Waals surface area (Å²) in [5.74, 6) is 0. The molecule has 0 spiro atoms. The van der Waals surface area contributed by atoms with Gasteiger partial charge in [0.25, 0.3) is 0 Å². The van der Waals surface area contributed by atoms with Crippen LogP contribution in [0.5, 0.6) is 0 Å². The zero-order valence-corrected chi connectivity index (χ0v) is 10.5. The lowest BCUT2D eigenvalue weighted by Crippen LogP contribution is -1.86. The van der Waals surface area contributed by atoms with Crippen molar-refractivity contribution in [3.8, 4) is 0 Å². The van der Waals surface area contributed by atoms with Crippen LogP contribution in [0.3, 0.4) is 0 Å². The van der Waals surface area contributed by atoms with Crippen LogP contribution in [0.2, 0.25) is 0 Å². The number of hydrogen-bond acceptors (Lipinski definition) is 0. The minimum absolute atomic E-state index is 1.14. The van der Waals surface area contributed by atoms with Crippen LogP contribution in [0.15, 0.2) is 54.6 Å². The molecule has 0 N–H and O–H groups in total. The summed E-state index contributed by atoms with van der Waals surface area (Å²) in [6.07, 6.45) is 15.8. The lowest BCUT2D eigenvalue weighted by molar-refractivity contribution is 0.922. The molecule has 1 aliphatic rings. The molecule has 0 heteroatoms. The van der Waals surface area contributed by atoms with E-state index >= 15 is 0 Å². The van der Waals surface area contributed by atoms with Crippen LogP contribution in [0.1, 0.15) is 37.3 Å². The van der Waals surface area contributed by atoms with Crippen molar-refractivity contribution in [1.82, 2.24) is 0 Å². The predicted molar refractivity (Wildman–Crippen MR) is 75.9 cm³/mol. The van der Waals surface area contributed by atoms with Gasteiger partial charge in [-0.1, -0.05) is 68.0 Å². The molecule has 0 bridgehead atoms. The van der Waals surface area contributed by atoms with Gasteiger partial charge in [0.05, 0.1) is 0 Å². The van der Waals surface area contributed by atoms with E-state index in [1.54, 1.807) is 0 Å². The first-order valence-corrected chi connectivity index (χ1v) is 6.53. The molecule has 0 saturated carbocycles. The third kappa shape index (κ3) is 3.45. The van der Waals surface area contributed by atoms with E-state index in [1.165, 1.54) is 29.5 Å². The van der Waals surface area contributed by atoms with Gasteiger partial charge in [-0.3, -0.25) is 0 Å². The van der Waals surface area contributed by atoms with Crippen molar-refractivity contribution in [3.63, 3.8) is 0 Å². The second-order valence-electron chi connectivity index (χ2n) is 4.48. The molecule has 0 heterocycles. The molecule has 1 aromatic carbocycles. The Bertz CT molecular complexity index is 430. The third-order valence-electron chi connectivity index (χ3n) is 3.04. The first-order chi connectivity index (χ1) is 8.40. The van der Waals surface area contributed by atoms with Crippen LogP contribution in [-0.4, -0.2) is 0 Å². The van der Waals surface area contributed by atoms with Crippen molar-refractivity contribution in [2.75, 3.05) is 0 Å². The first kappa shape index (κ1) is 11.9. The SMILES string of the molecule is CCCc1ccc(C2=C/C=C\CC\C=C\2)cc1. The van der Waals surface area contributed by atoms with E-state index in [2.05, 4.69) is 61.6 Å². The fourth-order valence-corrected chi connectivity index (χ4v) is 2.07. The van der Waals surface area contributed by atoms with E-state index < -0.39 is 0 Å².